The van der Waals surface area contributed by atoms with Gasteiger partial charge in [0.2, 0.25) is 0 Å². The molecule has 0 radical (unpaired) electrons. The first-order valence-corrected chi connectivity index (χ1v) is 7.26. The van der Waals surface area contributed by atoms with Crippen LogP contribution in [0, 0.1) is 0 Å². The van der Waals surface area contributed by atoms with Crippen molar-refractivity contribution in [3.8, 4) is 0 Å². The molecule has 4 heteroatoms. The van der Waals surface area contributed by atoms with Crippen LogP contribution in [0.25, 0.3) is 0 Å². The van der Waals surface area contributed by atoms with Gasteiger partial charge in [0.05, 0.1) is 0 Å². The molecule has 18 heavy (non-hydrogen) atoms. The third-order valence-electron chi connectivity index (χ3n) is 4.65. The van der Waals surface area contributed by atoms with Gasteiger partial charge in [0.1, 0.15) is 0 Å². The molecule has 3 atom stereocenters. The SMILES string of the molecule is CC(CCC(=O)O)NC1CC2CCCC(C1)N2C. The fourth-order valence-corrected chi connectivity index (χ4v) is 3.58. The average molecular weight is 254 g/mol. The highest BCUT2D eigenvalue weighted by Crippen LogP contribution is 2.32. The van der Waals surface area contributed by atoms with Crippen molar-refractivity contribution in [3.05, 3.63) is 0 Å². The van der Waals surface area contributed by atoms with Gasteiger partial charge in [-0.25, -0.2) is 0 Å². The molecule has 0 saturated carbocycles. The predicted molar refractivity (Wildman–Crippen MR) is 71.7 cm³/mol. The third kappa shape index (κ3) is 3.45. The molecule has 2 saturated heterocycles. The molecule has 0 aliphatic carbocycles. The van der Waals surface area contributed by atoms with Crippen LogP contribution in [0.1, 0.15) is 51.9 Å². The molecule has 2 aliphatic rings. The molecule has 2 aliphatic heterocycles. The Balaban J connectivity index is 1.78. The van der Waals surface area contributed by atoms with E-state index in [2.05, 4.69) is 24.2 Å². The van der Waals surface area contributed by atoms with Gasteiger partial charge in [-0.15, -0.1) is 0 Å². The molecule has 104 valence electrons. The maximum atomic E-state index is 10.6. The zero-order valence-electron chi connectivity index (χ0n) is 11.6. The molecule has 0 aromatic rings. The summed E-state index contributed by atoms with van der Waals surface area (Å²) in [6, 6.07) is 2.37. The highest BCUT2D eigenvalue weighted by atomic mass is 16.4. The fourth-order valence-electron chi connectivity index (χ4n) is 3.58. The number of carbonyl (C=O) groups is 1. The average Bonchev–Trinajstić information content (AvgIpc) is 2.28. The number of carboxylic acid groups (broad SMARTS) is 1. The van der Waals surface area contributed by atoms with Gasteiger partial charge in [-0.2, -0.15) is 0 Å². The Morgan fingerprint density at radius 3 is 2.56 bits per heavy atom. The van der Waals surface area contributed by atoms with E-state index >= 15 is 0 Å². The second-order valence-electron chi connectivity index (χ2n) is 6.07. The Kier molecular flexibility index (Phi) is 4.62. The van der Waals surface area contributed by atoms with Crippen LogP contribution in [0.3, 0.4) is 0 Å². The molecule has 3 unspecified atom stereocenters. The number of hydrogen-bond donors (Lipinski definition) is 2. The fraction of sp³-hybridized carbons (Fsp3) is 0.929. The minimum Gasteiger partial charge on any atom is -0.481 e. The minimum atomic E-state index is -0.691. The van der Waals surface area contributed by atoms with Crippen molar-refractivity contribution in [2.45, 2.75) is 76.0 Å². The maximum absolute atomic E-state index is 10.6. The lowest BCUT2D eigenvalue weighted by Gasteiger charge is -2.47. The lowest BCUT2D eigenvalue weighted by atomic mass is 9.82. The number of fused-ring (bicyclic) bond motifs is 2. The second kappa shape index (κ2) is 6.02. The highest BCUT2D eigenvalue weighted by Gasteiger charge is 2.36. The van der Waals surface area contributed by atoms with Gasteiger partial charge in [0.15, 0.2) is 0 Å². The Labute approximate surface area is 110 Å². The van der Waals surface area contributed by atoms with Crippen LogP contribution in [0.2, 0.25) is 0 Å². The zero-order valence-corrected chi connectivity index (χ0v) is 11.6. The molecule has 2 heterocycles. The number of piperidine rings is 2. The van der Waals surface area contributed by atoms with Crippen molar-refractivity contribution in [1.29, 1.82) is 0 Å². The van der Waals surface area contributed by atoms with Gasteiger partial charge in [-0.05, 0) is 46.1 Å². The van der Waals surface area contributed by atoms with Crippen molar-refractivity contribution in [1.82, 2.24) is 10.2 Å². The molecule has 0 spiro atoms. The predicted octanol–water partition coefficient (Wildman–Crippen LogP) is 1.84. The van der Waals surface area contributed by atoms with E-state index in [0.29, 0.717) is 12.1 Å². The van der Waals surface area contributed by atoms with Gasteiger partial charge >= 0.3 is 5.97 Å². The van der Waals surface area contributed by atoms with E-state index in [9.17, 15) is 4.79 Å². The largest absolute Gasteiger partial charge is 0.481 e. The van der Waals surface area contributed by atoms with Crippen LogP contribution in [0.5, 0.6) is 0 Å². The van der Waals surface area contributed by atoms with Gasteiger partial charge in [-0.3, -0.25) is 4.79 Å². The summed E-state index contributed by atoms with van der Waals surface area (Å²) in [5.41, 5.74) is 0. The van der Waals surface area contributed by atoms with E-state index in [1.54, 1.807) is 0 Å². The van der Waals surface area contributed by atoms with Crippen LogP contribution < -0.4 is 5.32 Å². The number of hydrogen-bond acceptors (Lipinski definition) is 3. The molecule has 4 nitrogen and oxygen atoms in total. The van der Waals surface area contributed by atoms with Crippen molar-refractivity contribution in [2.75, 3.05) is 7.05 Å². The van der Waals surface area contributed by atoms with Gasteiger partial charge in [-0.1, -0.05) is 6.42 Å². The quantitative estimate of drug-likeness (QED) is 0.786. The lowest BCUT2D eigenvalue weighted by molar-refractivity contribution is -0.137. The van der Waals surface area contributed by atoms with Crippen molar-refractivity contribution in [2.24, 2.45) is 0 Å². The van der Waals surface area contributed by atoms with E-state index in [1.807, 2.05) is 0 Å². The number of nitrogens with zero attached hydrogens (tertiary/aromatic N) is 1. The molecular formula is C14H26N2O2. The van der Waals surface area contributed by atoms with Crippen LogP contribution in [0.4, 0.5) is 0 Å². The molecule has 0 aromatic carbocycles. The Bertz CT molecular complexity index is 282. The first-order chi connectivity index (χ1) is 8.56. The number of carboxylic acids is 1. The zero-order chi connectivity index (χ0) is 13.1. The molecule has 2 N–H and O–H groups in total. The summed E-state index contributed by atoms with van der Waals surface area (Å²) in [5.74, 6) is -0.691. The lowest BCUT2D eigenvalue weighted by Crippen LogP contribution is -2.55. The van der Waals surface area contributed by atoms with Crippen LogP contribution in [-0.2, 0) is 4.79 Å². The minimum absolute atomic E-state index is 0.271. The van der Waals surface area contributed by atoms with Crippen molar-refractivity contribution < 1.29 is 9.90 Å². The molecule has 0 amide bonds. The molecular weight excluding hydrogens is 228 g/mol. The number of nitrogens with one attached hydrogen (secondary N) is 1. The van der Waals surface area contributed by atoms with Crippen LogP contribution in [-0.4, -0.2) is 47.2 Å². The third-order valence-corrected chi connectivity index (χ3v) is 4.65. The number of rotatable bonds is 5. The second-order valence-corrected chi connectivity index (χ2v) is 6.07. The smallest absolute Gasteiger partial charge is 0.303 e. The molecule has 2 rings (SSSR count). The summed E-state index contributed by atoms with van der Waals surface area (Å²) in [6.07, 6.45) is 7.49. The van der Waals surface area contributed by atoms with Gasteiger partial charge < -0.3 is 15.3 Å². The Morgan fingerprint density at radius 2 is 2.00 bits per heavy atom. The first-order valence-electron chi connectivity index (χ1n) is 7.26. The van der Waals surface area contributed by atoms with Gasteiger partial charge in [0, 0.05) is 30.6 Å². The summed E-state index contributed by atoms with van der Waals surface area (Å²) < 4.78 is 0. The molecule has 0 aromatic heterocycles. The van der Waals surface area contributed by atoms with Crippen molar-refractivity contribution in [3.63, 3.8) is 0 Å². The topological polar surface area (TPSA) is 52.6 Å². The van der Waals surface area contributed by atoms with E-state index in [-0.39, 0.29) is 6.42 Å². The Hall–Kier alpha value is -0.610. The first kappa shape index (κ1) is 13.8. The van der Waals surface area contributed by atoms with Gasteiger partial charge in [0.25, 0.3) is 0 Å². The number of aliphatic carboxylic acids is 1. The van der Waals surface area contributed by atoms with E-state index in [4.69, 9.17) is 5.11 Å². The summed E-state index contributed by atoms with van der Waals surface area (Å²) >= 11 is 0. The molecule has 2 fully saturated rings. The highest BCUT2D eigenvalue weighted by molar-refractivity contribution is 5.66. The van der Waals surface area contributed by atoms with Crippen LogP contribution in [0.15, 0.2) is 0 Å². The summed E-state index contributed by atoms with van der Waals surface area (Å²) in [7, 11) is 2.26. The summed E-state index contributed by atoms with van der Waals surface area (Å²) in [4.78, 5) is 13.1. The van der Waals surface area contributed by atoms with E-state index in [1.165, 1.54) is 32.1 Å². The Morgan fingerprint density at radius 1 is 1.39 bits per heavy atom. The standard InChI is InChI=1S/C14H26N2O2/c1-10(6-7-14(17)18)15-11-8-12-4-3-5-13(9-11)16(12)2/h10-13,15H,3-9H2,1-2H3,(H,17,18). The molecule has 2 bridgehead atoms. The monoisotopic (exact) mass is 254 g/mol. The van der Waals surface area contributed by atoms with E-state index in [0.717, 1.165) is 18.5 Å². The summed E-state index contributed by atoms with van der Waals surface area (Å²) in [6.45, 7) is 2.11. The normalized spacial score (nSPS) is 34.2. The van der Waals surface area contributed by atoms with Crippen LogP contribution >= 0.6 is 0 Å². The van der Waals surface area contributed by atoms with Crippen molar-refractivity contribution >= 4 is 5.97 Å². The maximum Gasteiger partial charge on any atom is 0.303 e. The van der Waals surface area contributed by atoms with E-state index < -0.39 is 5.97 Å². The summed E-state index contributed by atoms with van der Waals surface area (Å²) in [5, 5.41) is 12.3.